The minimum absolute atomic E-state index is 0.00652. The summed E-state index contributed by atoms with van der Waals surface area (Å²) in [6, 6.07) is 16.0. The quantitative estimate of drug-likeness (QED) is 0.169. The summed E-state index contributed by atoms with van der Waals surface area (Å²) in [6.45, 7) is 4.25. The molecule has 1 amide bonds. The molecule has 1 atom stereocenters. The van der Waals surface area contributed by atoms with E-state index in [1.54, 1.807) is 18.2 Å². The number of hydrogen-bond donors (Lipinski definition) is 1. The summed E-state index contributed by atoms with van der Waals surface area (Å²) >= 11 is 0. The first-order valence-corrected chi connectivity index (χ1v) is 11.3. The summed E-state index contributed by atoms with van der Waals surface area (Å²) in [5, 5.41) is 14.2. The molecule has 0 fully saturated rings. The maximum absolute atomic E-state index is 12.7. The van der Waals surface area contributed by atoms with Gasteiger partial charge in [-0.25, -0.2) is 0 Å². The number of nitro groups is 1. The van der Waals surface area contributed by atoms with Crippen LogP contribution in [0.2, 0.25) is 0 Å². The Kier molecular flexibility index (Phi) is 10.5. The molecule has 0 bridgehead atoms. The fourth-order valence-corrected chi connectivity index (χ4v) is 3.63. The molecule has 0 aliphatic carbocycles. The topological polar surface area (TPSA) is 72.2 Å². The third-order valence-electron chi connectivity index (χ3n) is 5.36. The zero-order valence-electron chi connectivity index (χ0n) is 18.7. The molecule has 0 radical (unpaired) electrons. The lowest BCUT2D eigenvalue weighted by atomic mass is 9.97. The first-order chi connectivity index (χ1) is 15.0. The lowest BCUT2D eigenvalue weighted by Gasteiger charge is -2.14. The number of unbranched alkanes of at least 4 members (excludes halogenated alkanes) is 6. The molecule has 0 aliphatic heterocycles. The number of nitrogens with one attached hydrogen (secondary N) is 1. The van der Waals surface area contributed by atoms with Crippen LogP contribution >= 0.6 is 0 Å². The van der Waals surface area contributed by atoms with E-state index in [-0.39, 0.29) is 17.6 Å². The van der Waals surface area contributed by atoms with Gasteiger partial charge in [-0.15, -0.1) is 0 Å². The number of benzene rings is 2. The van der Waals surface area contributed by atoms with Crippen LogP contribution in [0.5, 0.6) is 0 Å². The van der Waals surface area contributed by atoms with Gasteiger partial charge < -0.3 is 5.32 Å². The minimum atomic E-state index is -0.420. The monoisotopic (exact) mass is 422 g/mol. The van der Waals surface area contributed by atoms with Gasteiger partial charge in [0.15, 0.2) is 0 Å². The van der Waals surface area contributed by atoms with Crippen molar-refractivity contribution < 1.29 is 9.72 Å². The van der Waals surface area contributed by atoms with E-state index in [2.05, 4.69) is 12.2 Å². The molecule has 31 heavy (non-hydrogen) atoms. The minimum Gasteiger partial charge on any atom is -0.350 e. The lowest BCUT2D eigenvalue weighted by Crippen LogP contribution is -2.31. The fourth-order valence-electron chi connectivity index (χ4n) is 3.63. The zero-order chi connectivity index (χ0) is 22.5. The van der Waals surface area contributed by atoms with Crippen molar-refractivity contribution in [3.05, 3.63) is 81.9 Å². The molecule has 0 spiro atoms. The summed E-state index contributed by atoms with van der Waals surface area (Å²) in [4.78, 5) is 23.5. The molecule has 0 saturated heterocycles. The maximum atomic E-state index is 12.7. The number of hydrogen-bond acceptors (Lipinski definition) is 3. The first-order valence-electron chi connectivity index (χ1n) is 11.3. The molecule has 2 aromatic carbocycles. The van der Waals surface area contributed by atoms with Crippen LogP contribution in [-0.4, -0.2) is 16.9 Å². The van der Waals surface area contributed by atoms with Crippen molar-refractivity contribution in [2.24, 2.45) is 0 Å². The van der Waals surface area contributed by atoms with Crippen molar-refractivity contribution in [1.82, 2.24) is 5.32 Å². The highest BCUT2D eigenvalue weighted by molar-refractivity contribution is 5.99. The molecule has 2 rings (SSSR count). The molecule has 0 heterocycles. The highest BCUT2D eigenvalue weighted by Gasteiger charge is 2.13. The average Bonchev–Trinajstić information content (AvgIpc) is 2.77. The third-order valence-corrected chi connectivity index (χ3v) is 5.36. The van der Waals surface area contributed by atoms with Crippen molar-refractivity contribution in [2.45, 2.75) is 71.3 Å². The predicted octanol–water partition coefficient (Wildman–Crippen LogP) is 6.67. The number of non-ortho nitro benzene ring substituents is 1. The van der Waals surface area contributed by atoms with Crippen molar-refractivity contribution in [1.29, 1.82) is 0 Å². The number of carbonyl (C=O) groups excluding carboxylic acids is 1. The first kappa shape index (κ1) is 24.3. The van der Waals surface area contributed by atoms with Gasteiger partial charge in [0.25, 0.3) is 5.69 Å². The van der Waals surface area contributed by atoms with Gasteiger partial charge >= 0.3 is 0 Å². The Morgan fingerprint density at radius 2 is 1.61 bits per heavy atom. The summed E-state index contributed by atoms with van der Waals surface area (Å²) < 4.78 is 0. The fraction of sp³-hybridized carbons (Fsp3) is 0.423. The van der Waals surface area contributed by atoms with Crippen LogP contribution in [0, 0.1) is 10.1 Å². The van der Waals surface area contributed by atoms with Gasteiger partial charge in [-0.2, -0.15) is 0 Å². The predicted molar refractivity (Wildman–Crippen MR) is 127 cm³/mol. The Labute approximate surface area is 185 Å². The number of nitrogens with zero attached hydrogens (tertiary/aromatic N) is 1. The van der Waals surface area contributed by atoms with Crippen molar-refractivity contribution in [3.63, 3.8) is 0 Å². The van der Waals surface area contributed by atoms with E-state index < -0.39 is 4.92 Å². The molecule has 1 unspecified atom stereocenters. The molecule has 0 saturated carbocycles. The van der Waals surface area contributed by atoms with Crippen LogP contribution in [0.25, 0.3) is 5.57 Å². The third kappa shape index (κ3) is 8.75. The summed E-state index contributed by atoms with van der Waals surface area (Å²) in [5.41, 5.74) is 2.17. The molecule has 5 heteroatoms. The molecular weight excluding hydrogens is 388 g/mol. The second-order valence-electron chi connectivity index (χ2n) is 8.05. The van der Waals surface area contributed by atoms with Gasteiger partial charge in [-0.3, -0.25) is 14.9 Å². The highest BCUT2D eigenvalue weighted by atomic mass is 16.6. The second-order valence-corrected chi connectivity index (χ2v) is 8.05. The lowest BCUT2D eigenvalue weighted by molar-refractivity contribution is -0.384. The summed E-state index contributed by atoms with van der Waals surface area (Å²) in [5.74, 6) is -0.180. The molecule has 5 nitrogen and oxygen atoms in total. The van der Waals surface area contributed by atoms with E-state index in [0.717, 1.165) is 18.4 Å². The van der Waals surface area contributed by atoms with Crippen LogP contribution in [0.4, 0.5) is 5.69 Å². The number of amides is 1. The van der Waals surface area contributed by atoms with Crippen molar-refractivity contribution in [2.75, 3.05) is 0 Å². The van der Waals surface area contributed by atoms with Crippen LogP contribution in [0.1, 0.15) is 76.3 Å². The molecule has 2 aromatic rings. The molecule has 0 aromatic heterocycles. The Balaban J connectivity index is 2.02. The van der Waals surface area contributed by atoms with E-state index in [4.69, 9.17) is 0 Å². The Bertz CT molecular complexity index is 862. The van der Waals surface area contributed by atoms with Crippen molar-refractivity contribution in [3.8, 4) is 0 Å². The summed E-state index contributed by atoms with van der Waals surface area (Å²) in [7, 11) is 0. The number of nitro benzene ring substituents is 1. The van der Waals surface area contributed by atoms with Crippen LogP contribution in [0.15, 0.2) is 60.7 Å². The van der Waals surface area contributed by atoms with E-state index >= 15 is 0 Å². The van der Waals surface area contributed by atoms with Crippen LogP contribution in [0.3, 0.4) is 0 Å². The van der Waals surface area contributed by atoms with E-state index in [0.29, 0.717) is 11.1 Å². The van der Waals surface area contributed by atoms with Crippen LogP contribution < -0.4 is 5.32 Å². The standard InChI is InChI=1S/C26H34N2O3/c1-3-4-5-6-7-8-10-14-21(2)27-26(29)20-25(22-15-11-9-12-16-22)23-17-13-18-24(19-23)28(30)31/h9,11-13,15-21H,3-8,10,14H2,1-2H3,(H,27,29). The van der Waals surface area contributed by atoms with E-state index in [1.807, 2.05) is 37.3 Å². The largest absolute Gasteiger partial charge is 0.350 e. The van der Waals surface area contributed by atoms with Gasteiger partial charge in [0, 0.05) is 24.3 Å². The second kappa shape index (κ2) is 13.4. The number of carbonyl (C=O) groups is 1. The Morgan fingerprint density at radius 3 is 2.29 bits per heavy atom. The Morgan fingerprint density at radius 1 is 0.968 bits per heavy atom. The summed E-state index contributed by atoms with van der Waals surface area (Å²) in [6.07, 6.45) is 11.2. The molecular formula is C26H34N2O3. The SMILES string of the molecule is CCCCCCCCCC(C)NC(=O)C=C(c1ccccc1)c1cccc([N+](=O)[O-])c1. The molecule has 0 aliphatic rings. The van der Waals surface area contributed by atoms with Gasteiger partial charge in [0.1, 0.15) is 0 Å². The van der Waals surface area contributed by atoms with Gasteiger partial charge in [0.2, 0.25) is 5.91 Å². The highest BCUT2D eigenvalue weighted by Crippen LogP contribution is 2.26. The Hall–Kier alpha value is -2.95. The van der Waals surface area contributed by atoms with Gasteiger partial charge in [-0.1, -0.05) is 94.3 Å². The number of rotatable bonds is 13. The van der Waals surface area contributed by atoms with E-state index in [9.17, 15) is 14.9 Å². The van der Waals surface area contributed by atoms with Gasteiger partial charge in [-0.05, 0) is 30.0 Å². The van der Waals surface area contributed by atoms with Crippen molar-refractivity contribution >= 4 is 17.2 Å². The maximum Gasteiger partial charge on any atom is 0.270 e. The average molecular weight is 423 g/mol. The normalized spacial score (nSPS) is 12.4. The van der Waals surface area contributed by atoms with Crippen LogP contribution in [-0.2, 0) is 4.79 Å². The molecule has 166 valence electrons. The zero-order valence-corrected chi connectivity index (χ0v) is 18.7. The van der Waals surface area contributed by atoms with E-state index in [1.165, 1.54) is 50.7 Å². The van der Waals surface area contributed by atoms with Gasteiger partial charge in [0.05, 0.1) is 4.92 Å². The molecule has 1 N–H and O–H groups in total. The smallest absolute Gasteiger partial charge is 0.270 e.